The summed E-state index contributed by atoms with van der Waals surface area (Å²) in [4.78, 5) is 0. The molecule has 1 aromatic rings. The van der Waals surface area contributed by atoms with E-state index in [9.17, 15) is 4.39 Å². The van der Waals surface area contributed by atoms with Gasteiger partial charge >= 0.3 is 0 Å². The molecule has 1 unspecified atom stereocenters. The molecule has 4 heteroatoms. The summed E-state index contributed by atoms with van der Waals surface area (Å²) in [5.74, 6) is 0.432. The summed E-state index contributed by atoms with van der Waals surface area (Å²) >= 11 is 0. The minimum atomic E-state index is -0.260. The van der Waals surface area contributed by atoms with Crippen LogP contribution in [0, 0.1) is 5.82 Å². The second kappa shape index (κ2) is 8.12. The lowest BCUT2D eigenvalue weighted by Crippen LogP contribution is -2.22. The number of benzene rings is 1. The van der Waals surface area contributed by atoms with Crippen molar-refractivity contribution in [3.8, 4) is 5.75 Å². The highest BCUT2D eigenvalue weighted by atomic mass is 19.1. The molecule has 0 fully saturated rings. The smallest absolute Gasteiger partial charge is 0.123 e. The topological polar surface area (TPSA) is 44.5 Å². The lowest BCUT2D eigenvalue weighted by Gasteiger charge is -2.15. The van der Waals surface area contributed by atoms with Crippen LogP contribution in [0.25, 0.3) is 0 Å². The molecule has 0 aliphatic heterocycles. The normalized spacial score (nSPS) is 12.7. The van der Waals surface area contributed by atoms with Gasteiger partial charge in [0.15, 0.2) is 0 Å². The van der Waals surface area contributed by atoms with Crippen molar-refractivity contribution in [1.82, 2.24) is 0 Å². The number of ether oxygens (including phenoxy) is 2. The van der Waals surface area contributed by atoms with Gasteiger partial charge in [0.2, 0.25) is 0 Å². The molecule has 0 bridgehead atoms. The summed E-state index contributed by atoms with van der Waals surface area (Å²) in [6, 6.07) is 4.58. The summed E-state index contributed by atoms with van der Waals surface area (Å²) in [6.45, 7) is 6.95. The van der Waals surface area contributed by atoms with Gasteiger partial charge in [0.25, 0.3) is 0 Å². The molecule has 2 N–H and O–H groups in total. The molecule has 0 saturated heterocycles. The highest BCUT2D eigenvalue weighted by Crippen LogP contribution is 2.21. The first kappa shape index (κ1) is 15.9. The van der Waals surface area contributed by atoms with Gasteiger partial charge in [-0.3, -0.25) is 0 Å². The Morgan fingerprint density at radius 3 is 2.63 bits per heavy atom. The third-order valence-electron chi connectivity index (χ3n) is 2.82. The summed E-state index contributed by atoms with van der Waals surface area (Å²) in [6.07, 6.45) is 1.66. The minimum absolute atomic E-state index is 0.0241. The molecule has 0 aromatic heterocycles. The molecule has 0 aliphatic rings. The van der Waals surface area contributed by atoms with Crippen LogP contribution in [0.3, 0.4) is 0 Å². The standard InChI is InChI=1S/C15H24FNO2/c1-4-14(17)10-12-9-13(16)5-6-15(12)19-8-7-18-11(2)3/h5-6,9,11,14H,4,7-8,10,17H2,1-3H3. The zero-order valence-corrected chi connectivity index (χ0v) is 12.0. The predicted octanol–water partition coefficient (Wildman–Crippen LogP) is 2.91. The highest BCUT2D eigenvalue weighted by molar-refractivity contribution is 5.34. The van der Waals surface area contributed by atoms with Crippen molar-refractivity contribution in [2.45, 2.75) is 45.8 Å². The highest BCUT2D eigenvalue weighted by Gasteiger charge is 2.09. The van der Waals surface area contributed by atoms with Crippen LogP contribution in [-0.2, 0) is 11.2 Å². The monoisotopic (exact) mass is 269 g/mol. The second-order valence-electron chi connectivity index (χ2n) is 4.89. The van der Waals surface area contributed by atoms with E-state index in [0.717, 1.165) is 12.0 Å². The maximum absolute atomic E-state index is 13.3. The number of hydrogen-bond acceptors (Lipinski definition) is 3. The molecule has 1 aromatic carbocycles. The molecule has 1 atom stereocenters. The van der Waals surface area contributed by atoms with Gasteiger partial charge in [0.1, 0.15) is 18.2 Å². The molecular formula is C15H24FNO2. The van der Waals surface area contributed by atoms with Crippen molar-refractivity contribution in [3.05, 3.63) is 29.6 Å². The minimum Gasteiger partial charge on any atom is -0.491 e. The summed E-state index contributed by atoms with van der Waals surface area (Å²) in [5, 5.41) is 0. The van der Waals surface area contributed by atoms with E-state index in [1.54, 1.807) is 6.07 Å². The van der Waals surface area contributed by atoms with Gasteiger partial charge in [-0.15, -0.1) is 0 Å². The van der Waals surface area contributed by atoms with Crippen LogP contribution < -0.4 is 10.5 Å². The third-order valence-corrected chi connectivity index (χ3v) is 2.82. The van der Waals surface area contributed by atoms with Crippen LogP contribution in [0.4, 0.5) is 4.39 Å². The van der Waals surface area contributed by atoms with Gasteiger partial charge in [-0.1, -0.05) is 6.92 Å². The van der Waals surface area contributed by atoms with Gasteiger partial charge < -0.3 is 15.2 Å². The molecule has 19 heavy (non-hydrogen) atoms. The fourth-order valence-electron chi connectivity index (χ4n) is 1.71. The Morgan fingerprint density at radius 2 is 2.00 bits per heavy atom. The van der Waals surface area contributed by atoms with Crippen molar-refractivity contribution < 1.29 is 13.9 Å². The molecule has 0 aliphatic carbocycles. The molecule has 0 heterocycles. The van der Waals surface area contributed by atoms with E-state index in [4.69, 9.17) is 15.2 Å². The summed E-state index contributed by atoms with van der Waals surface area (Å²) in [7, 11) is 0. The SMILES string of the molecule is CCC(N)Cc1cc(F)ccc1OCCOC(C)C. The molecule has 108 valence electrons. The van der Waals surface area contributed by atoms with E-state index in [1.807, 2.05) is 20.8 Å². The molecular weight excluding hydrogens is 245 g/mol. The Morgan fingerprint density at radius 1 is 1.26 bits per heavy atom. The predicted molar refractivity (Wildman–Crippen MR) is 75.0 cm³/mol. The van der Waals surface area contributed by atoms with Gasteiger partial charge in [0.05, 0.1) is 12.7 Å². The van der Waals surface area contributed by atoms with E-state index in [0.29, 0.717) is 25.4 Å². The van der Waals surface area contributed by atoms with Crippen molar-refractivity contribution >= 4 is 0 Å². The Balaban J connectivity index is 2.60. The van der Waals surface area contributed by atoms with Crippen LogP contribution in [0.1, 0.15) is 32.8 Å². The Hall–Kier alpha value is -1.13. The molecule has 1 rings (SSSR count). The fourth-order valence-corrected chi connectivity index (χ4v) is 1.71. The molecule has 0 amide bonds. The first-order valence-corrected chi connectivity index (χ1v) is 6.81. The van der Waals surface area contributed by atoms with Gasteiger partial charge in [0, 0.05) is 6.04 Å². The Bertz CT molecular complexity index is 382. The van der Waals surface area contributed by atoms with Gasteiger partial charge in [-0.25, -0.2) is 4.39 Å². The number of halogens is 1. The van der Waals surface area contributed by atoms with Gasteiger partial charge in [-0.2, -0.15) is 0 Å². The number of hydrogen-bond donors (Lipinski definition) is 1. The maximum Gasteiger partial charge on any atom is 0.123 e. The average molecular weight is 269 g/mol. The van der Waals surface area contributed by atoms with Crippen LogP contribution in [0.15, 0.2) is 18.2 Å². The van der Waals surface area contributed by atoms with Crippen LogP contribution >= 0.6 is 0 Å². The zero-order chi connectivity index (χ0) is 14.3. The third kappa shape index (κ3) is 6.03. The van der Waals surface area contributed by atoms with E-state index < -0.39 is 0 Å². The maximum atomic E-state index is 13.3. The van der Waals surface area contributed by atoms with Crippen LogP contribution in [0.5, 0.6) is 5.75 Å². The largest absolute Gasteiger partial charge is 0.491 e. The lowest BCUT2D eigenvalue weighted by molar-refractivity contribution is 0.0550. The molecule has 0 spiro atoms. The first-order valence-electron chi connectivity index (χ1n) is 6.81. The van der Waals surface area contributed by atoms with Crippen molar-refractivity contribution in [1.29, 1.82) is 0 Å². The Kier molecular flexibility index (Phi) is 6.81. The van der Waals surface area contributed by atoms with E-state index in [2.05, 4.69) is 0 Å². The average Bonchev–Trinajstić information content (AvgIpc) is 2.36. The molecule has 0 saturated carbocycles. The van der Waals surface area contributed by atoms with E-state index in [1.165, 1.54) is 12.1 Å². The molecule has 0 radical (unpaired) electrons. The quantitative estimate of drug-likeness (QED) is 0.738. The second-order valence-corrected chi connectivity index (χ2v) is 4.89. The van der Waals surface area contributed by atoms with Crippen LogP contribution in [-0.4, -0.2) is 25.4 Å². The number of nitrogens with two attached hydrogens (primary N) is 1. The Labute approximate surface area is 114 Å². The van der Waals surface area contributed by atoms with Crippen LogP contribution in [0.2, 0.25) is 0 Å². The van der Waals surface area contributed by atoms with Gasteiger partial charge in [-0.05, 0) is 50.5 Å². The first-order chi connectivity index (χ1) is 9.02. The van der Waals surface area contributed by atoms with Crippen molar-refractivity contribution in [3.63, 3.8) is 0 Å². The summed E-state index contributed by atoms with van der Waals surface area (Å²) in [5.41, 5.74) is 6.73. The van der Waals surface area contributed by atoms with E-state index in [-0.39, 0.29) is 18.0 Å². The van der Waals surface area contributed by atoms with Crippen molar-refractivity contribution in [2.75, 3.05) is 13.2 Å². The van der Waals surface area contributed by atoms with Crippen molar-refractivity contribution in [2.24, 2.45) is 5.73 Å². The number of rotatable bonds is 8. The zero-order valence-electron chi connectivity index (χ0n) is 12.0. The fraction of sp³-hybridized carbons (Fsp3) is 0.600. The van der Waals surface area contributed by atoms with E-state index >= 15 is 0 Å². The molecule has 3 nitrogen and oxygen atoms in total. The lowest BCUT2D eigenvalue weighted by atomic mass is 10.0. The summed E-state index contributed by atoms with van der Waals surface area (Å²) < 4.78 is 24.3.